The molecule has 0 aliphatic heterocycles. The highest BCUT2D eigenvalue weighted by atomic mass is 16.5. The lowest BCUT2D eigenvalue weighted by molar-refractivity contribution is 0.140. The minimum Gasteiger partial charge on any atom is -0.407 e. The molecular weight excluding hydrogens is 220 g/mol. The van der Waals surface area contributed by atoms with E-state index in [-0.39, 0.29) is 6.04 Å². The summed E-state index contributed by atoms with van der Waals surface area (Å²) in [7, 11) is 0. The van der Waals surface area contributed by atoms with Crippen molar-refractivity contribution < 1.29 is 9.15 Å². The number of anilines is 1. The van der Waals surface area contributed by atoms with E-state index in [1.807, 2.05) is 13.8 Å². The fraction of sp³-hybridized carbons (Fsp3) is 0.818. The molecule has 1 aromatic heterocycles. The highest BCUT2D eigenvalue weighted by molar-refractivity contribution is 5.18. The first-order valence-electron chi connectivity index (χ1n) is 6.18. The van der Waals surface area contributed by atoms with Crippen LogP contribution in [0.3, 0.4) is 0 Å². The SMILES string of the molecule is CCOCC(C)Nc1nnc(CNC2CC2)o1. The summed E-state index contributed by atoms with van der Waals surface area (Å²) in [6, 6.07) is 1.28. The molecule has 0 amide bonds. The zero-order valence-electron chi connectivity index (χ0n) is 10.4. The third kappa shape index (κ3) is 4.32. The summed E-state index contributed by atoms with van der Waals surface area (Å²) in [6.07, 6.45) is 2.51. The van der Waals surface area contributed by atoms with Crippen LogP contribution in [0.1, 0.15) is 32.6 Å². The Kier molecular flexibility index (Phi) is 4.33. The average Bonchev–Trinajstić information content (AvgIpc) is 3.05. The molecule has 2 N–H and O–H groups in total. The minimum absolute atomic E-state index is 0.166. The van der Waals surface area contributed by atoms with Gasteiger partial charge < -0.3 is 19.8 Å². The summed E-state index contributed by atoms with van der Waals surface area (Å²) < 4.78 is 10.8. The van der Waals surface area contributed by atoms with Crippen LogP contribution in [-0.2, 0) is 11.3 Å². The molecule has 0 radical (unpaired) electrons. The first kappa shape index (κ1) is 12.3. The van der Waals surface area contributed by atoms with Crippen molar-refractivity contribution >= 4 is 6.01 Å². The van der Waals surface area contributed by atoms with E-state index in [2.05, 4.69) is 20.8 Å². The van der Waals surface area contributed by atoms with Gasteiger partial charge in [0.05, 0.1) is 19.2 Å². The van der Waals surface area contributed by atoms with Crippen molar-refractivity contribution in [2.24, 2.45) is 0 Å². The van der Waals surface area contributed by atoms with Crippen molar-refractivity contribution in [3.8, 4) is 0 Å². The van der Waals surface area contributed by atoms with E-state index >= 15 is 0 Å². The predicted molar refractivity (Wildman–Crippen MR) is 63.7 cm³/mol. The molecule has 6 heteroatoms. The molecule has 0 saturated heterocycles. The molecule has 1 aromatic rings. The Bertz CT molecular complexity index is 338. The molecule has 1 saturated carbocycles. The first-order chi connectivity index (χ1) is 8.28. The van der Waals surface area contributed by atoms with Crippen molar-refractivity contribution in [2.75, 3.05) is 18.5 Å². The Morgan fingerprint density at radius 3 is 3.00 bits per heavy atom. The normalized spacial score (nSPS) is 17.1. The van der Waals surface area contributed by atoms with Gasteiger partial charge in [0, 0.05) is 12.6 Å². The van der Waals surface area contributed by atoms with Gasteiger partial charge in [0.1, 0.15) is 0 Å². The third-order valence-corrected chi connectivity index (χ3v) is 2.53. The van der Waals surface area contributed by atoms with E-state index < -0.39 is 0 Å². The maximum Gasteiger partial charge on any atom is 0.315 e. The second kappa shape index (κ2) is 5.97. The molecule has 17 heavy (non-hydrogen) atoms. The van der Waals surface area contributed by atoms with E-state index in [9.17, 15) is 0 Å². The van der Waals surface area contributed by atoms with Crippen LogP contribution in [-0.4, -0.2) is 35.5 Å². The molecule has 1 aliphatic carbocycles. The maximum absolute atomic E-state index is 5.46. The lowest BCUT2D eigenvalue weighted by Crippen LogP contribution is -2.21. The van der Waals surface area contributed by atoms with Gasteiger partial charge >= 0.3 is 6.01 Å². The summed E-state index contributed by atoms with van der Waals surface area (Å²) in [5.41, 5.74) is 0. The molecule has 1 atom stereocenters. The lowest BCUT2D eigenvalue weighted by atomic mass is 10.4. The van der Waals surface area contributed by atoms with Gasteiger partial charge in [-0.1, -0.05) is 5.10 Å². The van der Waals surface area contributed by atoms with Crippen LogP contribution in [0.4, 0.5) is 6.01 Å². The van der Waals surface area contributed by atoms with Crippen molar-refractivity contribution in [2.45, 2.75) is 45.3 Å². The zero-order valence-corrected chi connectivity index (χ0v) is 10.4. The van der Waals surface area contributed by atoms with Gasteiger partial charge in [-0.15, -0.1) is 5.10 Å². The molecule has 6 nitrogen and oxygen atoms in total. The van der Waals surface area contributed by atoms with Gasteiger partial charge in [0.15, 0.2) is 0 Å². The van der Waals surface area contributed by atoms with E-state index in [0.717, 1.165) is 0 Å². The molecule has 1 fully saturated rings. The highest BCUT2D eigenvalue weighted by Crippen LogP contribution is 2.19. The van der Waals surface area contributed by atoms with Crippen LogP contribution in [0.2, 0.25) is 0 Å². The molecule has 2 rings (SSSR count). The highest BCUT2D eigenvalue weighted by Gasteiger charge is 2.21. The Morgan fingerprint density at radius 2 is 2.29 bits per heavy atom. The Labute approximate surface area is 101 Å². The molecule has 0 bridgehead atoms. The van der Waals surface area contributed by atoms with Crippen LogP contribution in [0, 0.1) is 0 Å². The summed E-state index contributed by atoms with van der Waals surface area (Å²) >= 11 is 0. The number of rotatable bonds is 8. The van der Waals surface area contributed by atoms with Gasteiger partial charge in [-0.05, 0) is 26.7 Å². The molecular formula is C11H20N4O2. The second-order valence-electron chi connectivity index (χ2n) is 4.36. The van der Waals surface area contributed by atoms with E-state index in [1.165, 1.54) is 12.8 Å². The number of nitrogens with one attached hydrogen (secondary N) is 2. The van der Waals surface area contributed by atoms with Crippen LogP contribution in [0.15, 0.2) is 4.42 Å². The fourth-order valence-electron chi connectivity index (χ4n) is 1.45. The monoisotopic (exact) mass is 240 g/mol. The molecule has 0 aromatic carbocycles. The molecule has 1 heterocycles. The minimum atomic E-state index is 0.166. The number of hydrogen-bond acceptors (Lipinski definition) is 6. The van der Waals surface area contributed by atoms with Crippen LogP contribution >= 0.6 is 0 Å². The van der Waals surface area contributed by atoms with Crippen molar-refractivity contribution in [1.29, 1.82) is 0 Å². The standard InChI is InChI=1S/C11H20N4O2/c1-3-16-7-8(2)13-11-15-14-10(17-11)6-12-9-4-5-9/h8-9,12H,3-7H2,1-2H3,(H,13,15). The van der Waals surface area contributed by atoms with Gasteiger partial charge in [0.25, 0.3) is 0 Å². The van der Waals surface area contributed by atoms with Crippen LogP contribution in [0.5, 0.6) is 0 Å². The van der Waals surface area contributed by atoms with Crippen molar-refractivity contribution in [1.82, 2.24) is 15.5 Å². The lowest BCUT2D eigenvalue weighted by Gasteiger charge is -2.10. The summed E-state index contributed by atoms with van der Waals surface area (Å²) in [6.45, 7) is 5.99. The Hall–Kier alpha value is -1.14. The maximum atomic E-state index is 5.46. The summed E-state index contributed by atoms with van der Waals surface area (Å²) in [5, 5.41) is 14.3. The fourth-order valence-corrected chi connectivity index (χ4v) is 1.45. The third-order valence-electron chi connectivity index (χ3n) is 2.53. The smallest absolute Gasteiger partial charge is 0.315 e. The van der Waals surface area contributed by atoms with E-state index in [1.54, 1.807) is 0 Å². The van der Waals surface area contributed by atoms with Crippen LogP contribution < -0.4 is 10.6 Å². The molecule has 0 spiro atoms. The predicted octanol–water partition coefficient (Wildman–Crippen LogP) is 1.16. The van der Waals surface area contributed by atoms with E-state index in [0.29, 0.717) is 37.7 Å². The molecule has 96 valence electrons. The van der Waals surface area contributed by atoms with Gasteiger partial charge in [-0.3, -0.25) is 0 Å². The Balaban J connectivity index is 1.72. The van der Waals surface area contributed by atoms with Crippen molar-refractivity contribution in [3.05, 3.63) is 5.89 Å². The number of aromatic nitrogens is 2. The Morgan fingerprint density at radius 1 is 1.47 bits per heavy atom. The quantitative estimate of drug-likeness (QED) is 0.710. The van der Waals surface area contributed by atoms with Gasteiger partial charge in [-0.2, -0.15) is 0 Å². The second-order valence-corrected chi connectivity index (χ2v) is 4.36. The average molecular weight is 240 g/mol. The van der Waals surface area contributed by atoms with Crippen LogP contribution in [0.25, 0.3) is 0 Å². The summed E-state index contributed by atoms with van der Waals surface area (Å²) in [5.74, 6) is 0.628. The number of hydrogen-bond donors (Lipinski definition) is 2. The number of nitrogens with zero attached hydrogens (tertiary/aromatic N) is 2. The first-order valence-corrected chi connectivity index (χ1v) is 6.18. The molecule has 1 aliphatic rings. The zero-order chi connectivity index (χ0) is 12.1. The largest absolute Gasteiger partial charge is 0.407 e. The summed E-state index contributed by atoms with van der Waals surface area (Å²) in [4.78, 5) is 0. The van der Waals surface area contributed by atoms with E-state index in [4.69, 9.17) is 9.15 Å². The van der Waals surface area contributed by atoms with Gasteiger partial charge in [-0.25, -0.2) is 0 Å². The number of ether oxygens (including phenoxy) is 1. The van der Waals surface area contributed by atoms with Gasteiger partial charge in [0.2, 0.25) is 5.89 Å². The topological polar surface area (TPSA) is 72.2 Å². The molecule has 1 unspecified atom stereocenters. The van der Waals surface area contributed by atoms with Crippen molar-refractivity contribution in [3.63, 3.8) is 0 Å².